The molecular formula is C11H13N3O. The lowest BCUT2D eigenvalue weighted by Gasteiger charge is -2.11. The van der Waals surface area contributed by atoms with Gasteiger partial charge in [-0.15, -0.1) is 0 Å². The largest absolute Gasteiger partial charge is 0.489 e. The van der Waals surface area contributed by atoms with Crippen LogP contribution in [0.2, 0.25) is 0 Å². The number of nitrogens with zero attached hydrogens (tertiary/aromatic N) is 1. The molecule has 1 aliphatic rings. The van der Waals surface area contributed by atoms with Gasteiger partial charge >= 0.3 is 0 Å². The summed E-state index contributed by atoms with van der Waals surface area (Å²) in [5.41, 5.74) is 1.05. The van der Waals surface area contributed by atoms with Gasteiger partial charge in [-0.3, -0.25) is 5.10 Å². The minimum absolute atomic E-state index is 0.314. The first kappa shape index (κ1) is 8.73. The van der Waals surface area contributed by atoms with Crippen LogP contribution in [0.25, 0.3) is 10.9 Å². The van der Waals surface area contributed by atoms with E-state index in [0.29, 0.717) is 6.10 Å². The van der Waals surface area contributed by atoms with E-state index in [2.05, 4.69) is 15.5 Å². The lowest BCUT2D eigenvalue weighted by Crippen LogP contribution is -2.19. The van der Waals surface area contributed by atoms with Crippen LogP contribution in [0.15, 0.2) is 24.4 Å². The van der Waals surface area contributed by atoms with Gasteiger partial charge in [-0.1, -0.05) is 0 Å². The second-order valence-electron chi connectivity index (χ2n) is 3.85. The quantitative estimate of drug-likeness (QED) is 0.773. The number of rotatable bonds is 2. The fourth-order valence-corrected chi connectivity index (χ4v) is 1.92. The van der Waals surface area contributed by atoms with Crippen molar-refractivity contribution in [2.45, 2.75) is 12.5 Å². The third-order valence-corrected chi connectivity index (χ3v) is 2.73. The maximum atomic E-state index is 5.85. The summed E-state index contributed by atoms with van der Waals surface area (Å²) in [4.78, 5) is 0. The second kappa shape index (κ2) is 3.55. The van der Waals surface area contributed by atoms with Crippen LogP contribution in [0.5, 0.6) is 5.75 Å². The number of ether oxygens (including phenoxy) is 1. The van der Waals surface area contributed by atoms with Crippen LogP contribution in [0.3, 0.4) is 0 Å². The van der Waals surface area contributed by atoms with Crippen molar-refractivity contribution >= 4 is 10.9 Å². The number of aromatic amines is 1. The van der Waals surface area contributed by atoms with Gasteiger partial charge in [0, 0.05) is 11.9 Å². The van der Waals surface area contributed by atoms with Crippen molar-refractivity contribution in [3.05, 3.63) is 24.4 Å². The van der Waals surface area contributed by atoms with E-state index in [-0.39, 0.29) is 0 Å². The van der Waals surface area contributed by atoms with Gasteiger partial charge in [0.15, 0.2) is 0 Å². The highest BCUT2D eigenvalue weighted by Gasteiger charge is 2.15. The molecule has 0 unspecified atom stereocenters. The molecule has 78 valence electrons. The molecule has 15 heavy (non-hydrogen) atoms. The van der Waals surface area contributed by atoms with Gasteiger partial charge in [-0.05, 0) is 31.2 Å². The number of nitrogens with one attached hydrogen (secondary N) is 2. The minimum atomic E-state index is 0.314. The molecular weight excluding hydrogens is 190 g/mol. The molecule has 1 atom stereocenters. The van der Waals surface area contributed by atoms with Crippen molar-refractivity contribution in [1.29, 1.82) is 0 Å². The molecule has 1 aromatic carbocycles. The molecule has 2 heterocycles. The first-order chi connectivity index (χ1) is 7.42. The topological polar surface area (TPSA) is 49.9 Å². The number of hydrogen-bond acceptors (Lipinski definition) is 3. The number of aromatic nitrogens is 2. The smallest absolute Gasteiger partial charge is 0.120 e. The highest BCUT2D eigenvalue weighted by molar-refractivity contribution is 5.79. The average Bonchev–Trinajstić information content (AvgIpc) is 2.87. The zero-order valence-electron chi connectivity index (χ0n) is 8.36. The Morgan fingerprint density at radius 2 is 2.40 bits per heavy atom. The third-order valence-electron chi connectivity index (χ3n) is 2.73. The molecule has 4 heteroatoms. The van der Waals surface area contributed by atoms with Crippen LogP contribution in [0.4, 0.5) is 0 Å². The van der Waals surface area contributed by atoms with E-state index in [1.807, 2.05) is 24.4 Å². The van der Waals surface area contributed by atoms with Gasteiger partial charge < -0.3 is 10.1 Å². The number of H-pyrrole nitrogens is 1. The Morgan fingerprint density at radius 1 is 1.40 bits per heavy atom. The van der Waals surface area contributed by atoms with E-state index in [1.165, 1.54) is 0 Å². The first-order valence-corrected chi connectivity index (χ1v) is 5.22. The van der Waals surface area contributed by atoms with Gasteiger partial charge in [-0.25, -0.2) is 0 Å². The van der Waals surface area contributed by atoms with Crippen LogP contribution >= 0.6 is 0 Å². The molecule has 0 aliphatic carbocycles. The van der Waals surface area contributed by atoms with Crippen molar-refractivity contribution in [3.8, 4) is 5.75 Å². The summed E-state index contributed by atoms with van der Waals surface area (Å²) in [6, 6.07) is 6.01. The Labute approximate surface area is 87.6 Å². The summed E-state index contributed by atoms with van der Waals surface area (Å²) in [5.74, 6) is 0.928. The Morgan fingerprint density at radius 3 is 3.27 bits per heavy atom. The van der Waals surface area contributed by atoms with Crippen molar-refractivity contribution in [2.75, 3.05) is 13.1 Å². The van der Waals surface area contributed by atoms with Gasteiger partial charge in [0.1, 0.15) is 11.9 Å². The lowest BCUT2D eigenvalue weighted by atomic mass is 10.2. The molecule has 1 aromatic heterocycles. The number of benzene rings is 1. The van der Waals surface area contributed by atoms with Crippen molar-refractivity contribution in [2.24, 2.45) is 0 Å². The summed E-state index contributed by atoms with van der Waals surface area (Å²) in [6.07, 6.45) is 3.22. The zero-order chi connectivity index (χ0) is 10.1. The molecule has 0 amide bonds. The minimum Gasteiger partial charge on any atom is -0.489 e. The van der Waals surface area contributed by atoms with Gasteiger partial charge in [0.05, 0.1) is 11.7 Å². The summed E-state index contributed by atoms with van der Waals surface area (Å²) < 4.78 is 5.85. The van der Waals surface area contributed by atoms with Crippen molar-refractivity contribution < 1.29 is 4.74 Å². The van der Waals surface area contributed by atoms with E-state index < -0.39 is 0 Å². The predicted octanol–water partition coefficient (Wildman–Crippen LogP) is 1.30. The fourth-order valence-electron chi connectivity index (χ4n) is 1.92. The zero-order valence-corrected chi connectivity index (χ0v) is 8.36. The third kappa shape index (κ3) is 1.68. The van der Waals surface area contributed by atoms with E-state index in [0.717, 1.165) is 36.2 Å². The highest BCUT2D eigenvalue weighted by atomic mass is 16.5. The van der Waals surface area contributed by atoms with Crippen molar-refractivity contribution in [3.63, 3.8) is 0 Å². The second-order valence-corrected chi connectivity index (χ2v) is 3.85. The molecule has 1 fully saturated rings. The number of fused-ring (bicyclic) bond motifs is 1. The SMILES string of the molecule is c1cc2[nH]ncc2cc1O[C@@H]1CCNC1. The molecule has 2 aromatic rings. The lowest BCUT2D eigenvalue weighted by molar-refractivity contribution is 0.223. The monoisotopic (exact) mass is 203 g/mol. The summed E-state index contributed by atoms with van der Waals surface area (Å²) in [7, 11) is 0. The van der Waals surface area contributed by atoms with E-state index in [4.69, 9.17) is 4.74 Å². The van der Waals surface area contributed by atoms with Crippen LogP contribution in [0.1, 0.15) is 6.42 Å². The van der Waals surface area contributed by atoms with Gasteiger partial charge in [-0.2, -0.15) is 5.10 Å². The molecule has 0 bridgehead atoms. The molecule has 1 saturated heterocycles. The standard InChI is InChI=1S/C11H13N3O/c1-2-11-8(6-13-14-11)5-9(1)15-10-3-4-12-7-10/h1-2,5-6,10,12H,3-4,7H2,(H,13,14)/t10-/m1/s1. The van der Waals surface area contributed by atoms with Gasteiger partial charge in [0.2, 0.25) is 0 Å². The first-order valence-electron chi connectivity index (χ1n) is 5.22. The number of hydrogen-bond donors (Lipinski definition) is 2. The Bertz CT molecular complexity index is 460. The Hall–Kier alpha value is -1.55. The Kier molecular flexibility index (Phi) is 2.07. The van der Waals surface area contributed by atoms with E-state index in [9.17, 15) is 0 Å². The molecule has 0 radical (unpaired) electrons. The van der Waals surface area contributed by atoms with Crippen LogP contribution in [-0.2, 0) is 0 Å². The molecule has 0 saturated carbocycles. The molecule has 0 spiro atoms. The van der Waals surface area contributed by atoms with Gasteiger partial charge in [0.25, 0.3) is 0 Å². The highest BCUT2D eigenvalue weighted by Crippen LogP contribution is 2.20. The summed E-state index contributed by atoms with van der Waals surface area (Å²) in [6.45, 7) is 2.00. The maximum Gasteiger partial charge on any atom is 0.120 e. The van der Waals surface area contributed by atoms with Crippen LogP contribution in [0, 0.1) is 0 Å². The normalized spacial score (nSPS) is 20.9. The Balaban J connectivity index is 1.84. The predicted molar refractivity (Wildman–Crippen MR) is 58.0 cm³/mol. The summed E-state index contributed by atoms with van der Waals surface area (Å²) >= 11 is 0. The fraction of sp³-hybridized carbons (Fsp3) is 0.364. The molecule has 3 rings (SSSR count). The maximum absolute atomic E-state index is 5.85. The summed E-state index contributed by atoms with van der Waals surface area (Å²) in [5, 5.41) is 11.3. The molecule has 1 aliphatic heterocycles. The average molecular weight is 203 g/mol. The van der Waals surface area contributed by atoms with Crippen LogP contribution in [-0.4, -0.2) is 29.4 Å². The van der Waals surface area contributed by atoms with Crippen LogP contribution < -0.4 is 10.1 Å². The van der Waals surface area contributed by atoms with E-state index in [1.54, 1.807) is 0 Å². The molecule has 4 nitrogen and oxygen atoms in total. The van der Waals surface area contributed by atoms with E-state index >= 15 is 0 Å². The van der Waals surface area contributed by atoms with Crippen molar-refractivity contribution in [1.82, 2.24) is 15.5 Å². The molecule has 2 N–H and O–H groups in total.